The van der Waals surface area contributed by atoms with E-state index in [-0.39, 0.29) is 5.41 Å². The largest absolute Gasteiger partial charge is 0.409 e. The second kappa shape index (κ2) is 6.56. The van der Waals surface area contributed by atoms with E-state index in [4.69, 9.17) is 10.9 Å². The quantitative estimate of drug-likeness (QED) is 0.228. The van der Waals surface area contributed by atoms with Crippen LogP contribution in [0.25, 0.3) is 0 Å². The summed E-state index contributed by atoms with van der Waals surface area (Å²) in [5.74, 6) is 0.292. The molecule has 0 fully saturated rings. The Balaban J connectivity index is 2.16. The number of nitrogens with one attached hydrogen (secondary N) is 1. The molecular formula is C11H20N4OS. The van der Waals surface area contributed by atoms with Gasteiger partial charge in [-0.05, 0) is 19.4 Å². The average molecular weight is 256 g/mol. The van der Waals surface area contributed by atoms with Crippen molar-refractivity contribution in [1.29, 1.82) is 0 Å². The van der Waals surface area contributed by atoms with Crippen LogP contribution in [0.4, 0.5) is 0 Å². The Morgan fingerprint density at radius 1 is 1.65 bits per heavy atom. The molecule has 6 heteroatoms. The first-order valence-corrected chi connectivity index (χ1v) is 6.50. The minimum absolute atomic E-state index is 0.249. The van der Waals surface area contributed by atoms with Crippen molar-refractivity contribution in [1.82, 2.24) is 10.3 Å². The summed E-state index contributed by atoms with van der Waals surface area (Å²) in [5, 5.41) is 15.1. The molecule has 1 aromatic heterocycles. The van der Waals surface area contributed by atoms with Crippen molar-refractivity contribution < 1.29 is 5.21 Å². The van der Waals surface area contributed by atoms with E-state index in [0.717, 1.165) is 25.9 Å². The van der Waals surface area contributed by atoms with E-state index in [9.17, 15) is 0 Å². The SMILES string of the molecule is CC(C)(CCCNCc1cncs1)C(N)=NO. The van der Waals surface area contributed by atoms with Gasteiger partial charge in [-0.2, -0.15) is 0 Å². The van der Waals surface area contributed by atoms with Gasteiger partial charge in [0.05, 0.1) is 5.51 Å². The van der Waals surface area contributed by atoms with Crippen LogP contribution in [0.5, 0.6) is 0 Å². The van der Waals surface area contributed by atoms with Crippen molar-refractivity contribution in [3.8, 4) is 0 Å². The lowest BCUT2D eigenvalue weighted by Gasteiger charge is -2.22. The topological polar surface area (TPSA) is 83.5 Å². The second-order valence-corrected chi connectivity index (χ2v) is 5.59. The van der Waals surface area contributed by atoms with Crippen molar-refractivity contribution in [3.05, 3.63) is 16.6 Å². The standard InChI is InChI=1S/C11H20N4OS/c1-11(2,10(12)15-16)4-3-5-13-6-9-7-14-8-17-9/h7-8,13,16H,3-6H2,1-2H3,(H2,12,15). The maximum absolute atomic E-state index is 8.64. The number of hydrogen-bond donors (Lipinski definition) is 3. The number of aromatic nitrogens is 1. The second-order valence-electron chi connectivity index (χ2n) is 4.62. The van der Waals surface area contributed by atoms with E-state index in [1.165, 1.54) is 4.88 Å². The van der Waals surface area contributed by atoms with Crippen molar-refractivity contribution in [2.45, 2.75) is 33.2 Å². The van der Waals surface area contributed by atoms with Gasteiger partial charge in [-0.25, -0.2) is 0 Å². The molecule has 96 valence electrons. The number of rotatable bonds is 7. The van der Waals surface area contributed by atoms with Crippen LogP contribution in [0.15, 0.2) is 16.9 Å². The van der Waals surface area contributed by atoms with E-state index in [1.807, 2.05) is 25.6 Å². The minimum atomic E-state index is -0.249. The van der Waals surface area contributed by atoms with Crippen molar-refractivity contribution >= 4 is 17.2 Å². The third-order valence-corrected chi connectivity index (χ3v) is 3.52. The molecule has 0 aliphatic carbocycles. The third kappa shape index (κ3) is 4.70. The molecule has 0 saturated carbocycles. The number of amidine groups is 1. The van der Waals surface area contributed by atoms with Gasteiger partial charge in [-0.15, -0.1) is 11.3 Å². The van der Waals surface area contributed by atoms with Crippen LogP contribution in [-0.2, 0) is 6.54 Å². The summed E-state index contributed by atoms with van der Waals surface area (Å²) in [6, 6.07) is 0. The predicted molar refractivity (Wildman–Crippen MR) is 70.2 cm³/mol. The highest BCUT2D eigenvalue weighted by Gasteiger charge is 2.22. The molecule has 0 spiro atoms. The summed E-state index contributed by atoms with van der Waals surface area (Å²) in [7, 11) is 0. The summed E-state index contributed by atoms with van der Waals surface area (Å²) in [4.78, 5) is 5.25. The summed E-state index contributed by atoms with van der Waals surface area (Å²) in [5.41, 5.74) is 7.20. The normalized spacial score (nSPS) is 12.9. The summed E-state index contributed by atoms with van der Waals surface area (Å²) >= 11 is 1.65. The molecule has 0 aliphatic heterocycles. The Morgan fingerprint density at radius 2 is 2.41 bits per heavy atom. The molecule has 0 unspecified atom stereocenters. The number of thiazole rings is 1. The molecule has 0 aromatic carbocycles. The molecule has 0 bridgehead atoms. The maximum atomic E-state index is 8.64. The average Bonchev–Trinajstić information content (AvgIpc) is 2.80. The first-order chi connectivity index (χ1) is 8.06. The van der Waals surface area contributed by atoms with Crippen LogP contribution >= 0.6 is 11.3 Å². The van der Waals surface area contributed by atoms with Crippen molar-refractivity contribution in [2.75, 3.05) is 6.54 Å². The molecule has 1 aromatic rings. The zero-order valence-electron chi connectivity index (χ0n) is 10.3. The molecule has 17 heavy (non-hydrogen) atoms. The van der Waals surface area contributed by atoms with Gasteiger partial charge in [0.2, 0.25) is 0 Å². The van der Waals surface area contributed by atoms with Gasteiger partial charge in [0.15, 0.2) is 0 Å². The van der Waals surface area contributed by atoms with E-state index in [2.05, 4.69) is 15.5 Å². The van der Waals surface area contributed by atoms with Gasteiger partial charge >= 0.3 is 0 Å². The molecular weight excluding hydrogens is 236 g/mol. The van der Waals surface area contributed by atoms with Crippen LogP contribution in [0, 0.1) is 5.41 Å². The lowest BCUT2D eigenvalue weighted by atomic mass is 9.86. The van der Waals surface area contributed by atoms with Crippen LogP contribution in [0.3, 0.4) is 0 Å². The maximum Gasteiger partial charge on any atom is 0.144 e. The van der Waals surface area contributed by atoms with E-state index < -0.39 is 0 Å². The third-order valence-electron chi connectivity index (χ3n) is 2.74. The lowest BCUT2D eigenvalue weighted by Crippen LogP contribution is -2.32. The Labute approximate surface area is 106 Å². The van der Waals surface area contributed by atoms with E-state index in [0.29, 0.717) is 5.84 Å². The molecule has 0 aliphatic rings. The zero-order valence-corrected chi connectivity index (χ0v) is 11.1. The highest BCUT2D eigenvalue weighted by Crippen LogP contribution is 2.21. The fourth-order valence-corrected chi connectivity index (χ4v) is 2.02. The van der Waals surface area contributed by atoms with Crippen LogP contribution < -0.4 is 11.1 Å². The smallest absolute Gasteiger partial charge is 0.144 e. The van der Waals surface area contributed by atoms with Crippen LogP contribution in [0.2, 0.25) is 0 Å². The Morgan fingerprint density at radius 3 is 3.00 bits per heavy atom. The number of nitrogens with two attached hydrogens (primary N) is 1. The van der Waals surface area contributed by atoms with Crippen LogP contribution in [0.1, 0.15) is 31.6 Å². The fourth-order valence-electron chi connectivity index (χ4n) is 1.46. The molecule has 1 rings (SSSR count). The van der Waals surface area contributed by atoms with E-state index in [1.54, 1.807) is 11.3 Å². The number of oxime groups is 1. The molecule has 1 heterocycles. The van der Waals surface area contributed by atoms with Gasteiger partial charge in [-0.1, -0.05) is 19.0 Å². The van der Waals surface area contributed by atoms with Gasteiger partial charge in [0.25, 0.3) is 0 Å². The Kier molecular flexibility index (Phi) is 5.37. The zero-order chi connectivity index (χ0) is 12.7. The van der Waals surface area contributed by atoms with Crippen molar-refractivity contribution in [2.24, 2.45) is 16.3 Å². The first-order valence-electron chi connectivity index (χ1n) is 5.62. The fraction of sp³-hybridized carbons (Fsp3) is 0.636. The minimum Gasteiger partial charge on any atom is -0.409 e. The molecule has 0 saturated heterocycles. The van der Waals surface area contributed by atoms with Gasteiger partial charge < -0.3 is 16.3 Å². The van der Waals surface area contributed by atoms with Gasteiger partial charge in [0.1, 0.15) is 5.84 Å². The predicted octanol–water partition coefficient (Wildman–Crippen LogP) is 1.79. The van der Waals surface area contributed by atoms with Crippen molar-refractivity contribution in [3.63, 3.8) is 0 Å². The Bertz CT molecular complexity index is 348. The van der Waals surface area contributed by atoms with Gasteiger partial charge in [0, 0.05) is 23.0 Å². The Hall–Kier alpha value is -1.14. The summed E-state index contributed by atoms with van der Waals surface area (Å²) < 4.78 is 0. The molecule has 5 nitrogen and oxygen atoms in total. The van der Waals surface area contributed by atoms with Crippen LogP contribution in [-0.4, -0.2) is 22.6 Å². The first kappa shape index (κ1) is 13.9. The highest BCUT2D eigenvalue weighted by molar-refractivity contribution is 7.09. The summed E-state index contributed by atoms with van der Waals surface area (Å²) in [6.07, 6.45) is 3.75. The number of hydrogen-bond acceptors (Lipinski definition) is 5. The molecule has 0 radical (unpaired) electrons. The number of nitrogens with zero attached hydrogens (tertiary/aromatic N) is 2. The molecule has 0 amide bonds. The lowest BCUT2D eigenvalue weighted by molar-refractivity contribution is 0.304. The molecule has 0 atom stereocenters. The summed E-state index contributed by atoms with van der Waals surface area (Å²) in [6.45, 7) is 5.73. The monoisotopic (exact) mass is 256 g/mol. The van der Waals surface area contributed by atoms with Gasteiger partial charge in [-0.3, -0.25) is 4.98 Å². The van der Waals surface area contributed by atoms with E-state index >= 15 is 0 Å². The highest BCUT2D eigenvalue weighted by atomic mass is 32.1. The molecule has 4 N–H and O–H groups in total.